The number of benzene rings is 2. The van der Waals surface area contributed by atoms with Crippen LogP contribution in [0.2, 0.25) is 0 Å². The van der Waals surface area contributed by atoms with Gasteiger partial charge >= 0.3 is 0 Å². The number of fused-ring (bicyclic) bond motifs is 1. The Morgan fingerprint density at radius 1 is 1.16 bits per heavy atom. The molecule has 5 nitrogen and oxygen atoms in total. The molecule has 0 aromatic heterocycles. The molecular formula is C20H23N3O2. The monoisotopic (exact) mass is 337 g/mol. The van der Waals surface area contributed by atoms with E-state index in [-0.39, 0.29) is 11.8 Å². The van der Waals surface area contributed by atoms with Crippen LogP contribution in [0.25, 0.3) is 0 Å². The van der Waals surface area contributed by atoms with Crippen LogP contribution in [0.4, 0.5) is 17.1 Å². The highest BCUT2D eigenvalue weighted by Crippen LogP contribution is 2.30. The quantitative estimate of drug-likeness (QED) is 0.912. The Morgan fingerprint density at radius 3 is 2.60 bits per heavy atom. The second kappa shape index (κ2) is 7.38. The minimum atomic E-state index is -0.0490. The fraction of sp³-hybridized carbons (Fsp3) is 0.300. The second-order valence-electron chi connectivity index (χ2n) is 6.16. The Labute approximate surface area is 148 Å². The van der Waals surface area contributed by atoms with Crippen molar-refractivity contribution in [1.82, 2.24) is 0 Å². The SMILES string of the molecule is CCN(CC(=O)Nc1ccc2c(c1)CCN2C(C)=O)c1ccccc1. The number of likely N-dealkylation sites (N-methyl/N-ethyl adjacent to an activating group) is 1. The van der Waals surface area contributed by atoms with Gasteiger partial charge in [0, 0.05) is 37.1 Å². The van der Waals surface area contributed by atoms with Crippen LogP contribution in [0, 0.1) is 0 Å². The lowest BCUT2D eigenvalue weighted by Crippen LogP contribution is -2.33. The van der Waals surface area contributed by atoms with Crippen LogP contribution in [-0.2, 0) is 16.0 Å². The number of hydrogen-bond donors (Lipinski definition) is 1. The number of rotatable bonds is 5. The standard InChI is InChI=1S/C20H23N3O2/c1-3-22(18-7-5-4-6-8-18)14-20(25)21-17-9-10-19-16(13-17)11-12-23(19)15(2)24/h4-10,13H,3,11-12,14H2,1-2H3,(H,21,25). The van der Waals surface area contributed by atoms with E-state index >= 15 is 0 Å². The summed E-state index contributed by atoms with van der Waals surface area (Å²) in [4.78, 5) is 27.8. The molecule has 2 aromatic carbocycles. The van der Waals surface area contributed by atoms with E-state index in [9.17, 15) is 9.59 Å². The Hall–Kier alpha value is -2.82. The maximum atomic E-state index is 12.4. The number of nitrogens with one attached hydrogen (secondary N) is 1. The first-order chi connectivity index (χ1) is 12.1. The van der Waals surface area contributed by atoms with Gasteiger partial charge in [0.25, 0.3) is 0 Å². The maximum absolute atomic E-state index is 12.4. The molecule has 0 unspecified atom stereocenters. The molecule has 0 aliphatic carbocycles. The molecule has 0 atom stereocenters. The largest absolute Gasteiger partial charge is 0.362 e. The average Bonchev–Trinajstić information content (AvgIpc) is 3.04. The molecule has 3 rings (SSSR count). The molecule has 0 radical (unpaired) electrons. The molecule has 130 valence electrons. The van der Waals surface area contributed by atoms with Crippen molar-refractivity contribution >= 4 is 28.9 Å². The summed E-state index contributed by atoms with van der Waals surface area (Å²) < 4.78 is 0. The minimum Gasteiger partial charge on any atom is -0.362 e. The summed E-state index contributed by atoms with van der Waals surface area (Å²) in [5, 5.41) is 2.97. The summed E-state index contributed by atoms with van der Waals surface area (Å²) in [5.74, 6) is 0.00376. The van der Waals surface area contributed by atoms with Gasteiger partial charge in [0.2, 0.25) is 11.8 Å². The zero-order valence-corrected chi connectivity index (χ0v) is 14.7. The molecular weight excluding hydrogens is 314 g/mol. The highest BCUT2D eigenvalue weighted by atomic mass is 16.2. The van der Waals surface area contributed by atoms with E-state index in [0.29, 0.717) is 13.1 Å². The molecule has 2 aromatic rings. The van der Waals surface area contributed by atoms with Gasteiger partial charge in [-0.1, -0.05) is 18.2 Å². The third-order valence-electron chi connectivity index (χ3n) is 4.48. The number of hydrogen-bond acceptors (Lipinski definition) is 3. The topological polar surface area (TPSA) is 52.7 Å². The van der Waals surface area contributed by atoms with Crippen molar-refractivity contribution in [3.8, 4) is 0 Å². The Morgan fingerprint density at radius 2 is 1.92 bits per heavy atom. The van der Waals surface area contributed by atoms with Crippen LogP contribution in [0.3, 0.4) is 0 Å². The van der Waals surface area contributed by atoms with Crippen molar-refractivity contribution in [2.24, 2.45) is 0 Å². The van der Waals surface area contributed by atoms with E-state index < -0.39 is 0 Å². The molecule has 0 saturated carbocycles. The lowest BCUT2D eigenvalue weighted by Gasteiger charge is -2.22. The summed E-state index contributed by atoms with van der Waals surface area (Å²) in [5.41, 5.74) is 3.86. The van der Waals surface area contributed by atoms with Gasteiger partial charge in [-0.15, -0.1) is 0 Å². The van der Waals surface area contributed by atoms with Crippen LogP contribution >= 0.6 is 0 Å². The van der Waals surface area contributed by atoms with E-state index in [1.807, 2.05) is 60.4 Å². The third-order valence-corrected chi connectivity index (χ3v) is 4.48. The first-order valence-electron chi connectivity index (χ1n) is 8.59. The highest BCUT2D eigenvalue weighted by molar-refractivity contribution is 5.96. The van der Waals surface area contributed by atoms with Crippen molar-refractivity contribution in [2.75, 3.05) is 34.8 Å². The van der Waals surface area contributed by atoms with Gasteiger partial charge in [-0.25, -0.2) is 0 Å². The molecule has 0 spiro atoms. The predicted octanol–water partition coefficient (Wildman–Crippen LogP) is 3.06. The minimum absolute atomic E-state index is 0.0490. The van der Waals surface area contributed by atoms with Crippen molar-refractivity contribution in [3.63, 3.8) is 0 Å². The van der Waals surface area contributed by atoms with Crippen LogP contribution in [0.1, 0.15) is 19.4 Å². The molecule has 1 N–H and O–H groups in total. The van der Waals surface area contributed by atoms with E-state index in [0.717, 1.165) is 35.6 Å². The Kier molecular flexibility index (Phi) is 5.03. The number of carbonyl (C=O) groups is 2. The first-order valence-corrected chi connectivity index (χ1v) is 8.59. The predicted molar refractivity (Wildman–Crippen MR) is 101 cm³/mol. The zero-order chi connectivity index (χ0) is 17.8. The summed E-state index contributed by atoms with van der Waals surface area (Å²) in [6.07, 6.45) is 0.823. The van der Waals surface area contributed by atoms with Gasteiger partial charge in [-0.05, 0) is 49.2 Å². The number of carbonyl (C=O) groups excluding carboxylic acids is 2. The van der Waals surface area contributed by atoms with Gasteiger partial charge in [-0.3, -0.25) is 9.59 Å². The van der Waals surface area contributed by atoms with Crippen molar-refractivity contribution in [3.05, 3.63) is 54.1 Å². The second-order valence-corrected chi connectivity index (χ2v) is 6.16. The molecule has 0 bridgehead atoms. The summed E-state index contributed by atoms with van der Waals surface area (Å²) >= 11 is 0. The summed E-state index contributed by atoms with van der Waals surface area (Å²) in [6.45, 7) is 5.38. The maximum Gasteiger partial charge on any atom is 0.243 e. The highest BCUT2D eigenvalue weighted by Gasteiger charge is 2.22. The molecule has 1 aliphatic heterocycles. The molecule has 1 heterocycles. The molecule has 0 saturated heterocycles. The lowest BCUT2D eigenvalue weighted by molar-refractivity contribution is -0.116. The van der Waals surface area contributed by atoms with Crippen LogP contribution in [0.15, 0.2) is 48.5 Å². The fourth-order valence-electron chi connectivity index (χ4n) is 3.20. The van der Waals surface area contributed by atoms with Crippen molar-refractivity contribution in [1.29, 1.82) is 0 Å². The summed E-state index contributed by atoms with van der Waals surface area (Å²) in [7, 11) is 0. The lowest BCUT2D eigenvalue weighted by atomic mass is 10.1. The summed E-state index contributed by atoms with van der Waals surface area (Å²) in [6, 6.07) is 15.6. The fourth-order valence-corrected chi connectivity index (χ4v) is 3.20. The van der Waals surface area contributed by atoms with Gasteiger partial charge in [0.15, 0.2) is 0 Å². The van der Waals surface area contributed by atoms with E-state index in [2.05, 4.69) is 5.32 Å². The molecule has 2 amide bonds. The number of para-hydroxylation sites is 1. The number of nitrogens with zero attached hydrogens (tertiary/aromatic N) is 2. The zero-order valence-electron chi connectivity index (χ0n) is 14.7. The average molecular weight is 337 g/mol. The van der Waals surface area contributed by atoms with Gasteiger partial charge < -0.3 is 15.1 Å². The number of amides is 2. The smallest absolute Gasteiger partial charge is 0.243 e. The normalized spacial score (nSPS) is 12.6. The molecule has 1 aliphatic rings. The van der Waals surface area contributed by atoms with Crippen molar-refractivity contribution < 1.29 is 9.59 Å². The van der Waals surface area contributed by atoms with E-state index in [1.54, 1.807) is 11.8 Å². The number of anilines is 3. The molecule has 5 heteroatoms. The van der Waals surface area contributed by atoms with Crippen LogP contribution in [-0.4, -0.2) is 31.4 Å². The van der Waals surface area contributed by atoms with Crippen LogP contribution in [0.5, 0.6) is 0 Å². The van der Waals surface area contributed by atoms with E-state index in [1.165, 1.54) is 0 Å². The van der Waals surface area contributed by atoms with Gasteiger partial charge in [0.05, 0.1) is 6.54 Å². The van der Waals surface area contributed by atoms with Gasteiger partial charge in [0.1, 0.15) is 0 Å². The van der Waals surface area contributed by atoms with Crippen LogP contribution < -0.4 is 15.1 Å². The Balaban J connectivity index is 1.66. The molecule has 25 heavy (non-hydrogen) atoms. The Bertz CT molecular complexity index is 774. The first kappa shape index (κ1) is 17.0. The molecule has 0 fully saturated rings. The van der Waals surface area contributed by atoms with Gasteiger partial charge in [-0.2, -0.15) is 0 Å². The van der Waals surface area contributed by atoms with Crippen molar-refractivity contribution in [2.45, 2.75) is 20.3 Å². The van der Waals surface area contributed by atoms with E-state index in [4.69, 9.17) is 0 Å². The third kappa shape index (κ3) is 3.82.